The molecule has 0 saturated heterocycles. The molecule has 3 aromatic rings. The number of hydrogen-bond donors (Lipinski definition) is 1. The highest BCUT2D eigenvalue weighted by atomic mass is 32.2. The third-order valence-electron chi connectivity index (χ3n) is 4.14. The van der Waals surface area contributed by atoms with Crippen LogP contribution in [-0.4, -0.2) is 44.0 Å². The molecule has 1 aromatic heterocycles. The van der Waals surface area contributed by atoms with Gasteiger partial charge in [0.1, 0.15) is 11.5 Å². The third-order valence-corrected chi connectivity index (χ3v) is 5.41. The normalized spacial score (nSPS) is 11.6. The number of sulfonamides is 1. The Hall–Kier alpha value is -2.94. The fourth-order valence-corrected chi connectivity index (χ4v) is 3.91. The van der Waals surface area contributed by atoms with Crippen molar-refractivity contribution in [2.75, 3.05) is 24.2 Å². The zero-order valence-electron chi connectivity index (χ0n) is 15.1. The minimum absolute atomic E-state index is 0.269. The van der Waals surface area contributed by atoms with E-state index in [1.807, 2.05) is 0 Å². The maximum absolute atomic E-state index is 13.3. The van der Waals surface area contributed by atoms with Crippen molar-refractivity contribution in [3.8, 4) is 5.69 Å². The van der Waals surface area contributed by atoms with E-state index in [-0.39, 0.29) is 18.1 Å². The molecular weight excluding hydrogens is 371 g/mol. The molecule has 0 unspecified atom stereocenters. The standard InChI is InChI=1S/C18H19FN4O3S/c1-4-22(27(3,25)26)14-9-10-15-16(11-14)21-23(17(15)18(24)20-2)13-7-5-12(19)6-8-13/h5-11H,4H2,1-3H3,(H,20,24). The second-order valence-electron chi connectivity index (χ2n) is 5.95. The van der Waals surface area contributed by atoms with Gasteiger partial charge in [0.25, 0.3) is 5.91 Å². The average Bonchev–Trinajstić information content (AvgIpc) is 2.99. The summed E-state index contributed by atoms with van der Waals surface area (Å²) in [7, 11) is -1.93. The van der Waals surface area contributed by atoms with Crippen LogP contribution in [0.3, 0.4) is 0 Å². The largest absolute Gasteiger partial charge is 0.354 e. The number of amides is 1. The third kappa shape index (κ3) is 3.50. The van der Waals surface area contributed by atoms with Crippen LogP contribution in [0.25, 0.3) is 16.6 Å². The van der Waals surface area contributed by atoms with E-state index in [2.05, 4.69) is 10.4 Å². The Kier molecular flexibility index (Phi) is 4.88. The molecule has 0 atom stereocenters. The highest BCUT2D eigenvalue weighted by Crippen LogP contribution is 2.27. The van der Waals surface area contributed by atoms with E-state index >= 15 is 0 Å². The van der Waals surface area contributed by atoms with Gasteiger partial charge in [0.15, 0.2) is 0 Å². The molecule has 0 aliphatic heterocycles. The van der Waals surface area contributed by atoms with Gasteiger partial charge in [-0.25, -0.2) is 17.5 Å². The van der Waals surface area contributed by atoms with Crippen molar-refractivity contribution in [1.29, 1.82) is 0 Å². The number of nitrogens with zero attached hydrogens (tertiary/aromatic N) is 3. The SMILES string of the molecule is CCN(c1ccc2c(C(=O)NC)n(-c3ccc(F)cc3)nc2c1)S(C)(=O)=O. The number of fused-ring (bicyclic) bond motifs is 1. The summed E-state index contributed by atoms with van der Waals surface area (Å²) in [6, 6.07) is 10.5. The quantitative estimate of drug-likeness (QED) is 0.725. The first-order chi connectivity index (χ1) is 12.8. The molecule has 27 heavy (non-hydrogen) atoms. The van der Waals surface area contributed by atoms with Gasteiger partial charge in [-0.1, -0.05) is 0 Å². The predicted octanol–water partition coefficient (Wildman–Crippen LogP) is 2.31. The Balaban J connectivity index is 2.24. The molecule has 0 aliphatic rings. The first kappa shape index (κ1) is 18.8. The molecule has 1 amide bonds. The number of carbonyl (C=O) groups excluding carboxylic acids is 1. The van der Waals surface area contributed by atoms with Crippen LogP contribution >= 0.6 is 0 Å². The van der Waals surface area contributed by atoms with E-state index in [4.69, 9.17) is 0 Å². The summed E-state index contributed by atoms with van der Waals surface area (Å²) in [5, 5.41) is 7.59. The smallest absolute Gasteiger partial charge is 0.270 e. The molecule has 9 heteroatoms. The molecule has 0 spiro atoms. The molecule has 7 nitrogen and oxygen atoms in total. The van der Waals surface area contributed by atoms with E-state index in [0.29, 0.717) is 22.3 Å². The first-order valence-electron chi connectivity index (χ1n) is 8.24. The Morgan fingerprint density at radius 3 is 2.44 bits per heavy atom. The molecule has 0 radical (unpaired) electrons. The van der Waals surface area contributed by atoms with E-state index in [1.54, 1.807) is 25.1 Å². The van der Waals surface area contributed by atoms with Gasteiger partial charge in [0.2, 0.25) is 10.0 Å². The summed E-state index contributed by atoms with van der Waals surface area (Å²) in [5.74, 6) is -0.754. The van der Waals surface area contributed by atoms with Gasteiger partial charge in [-0.15, -0.1) is 0 Å². The fourth-order valence-electron chi connectivity index (χ4n) is 2.94. The Labute approximate surface area is 156 Å². The summed E-state index contributed by atoms with van der Waals surface area (Å²) in [6.07, 6.45) is 1.13. The van der Waals surface area contributed by atoms with Crippen LogP contribution in [0.15, 0.2) is 42.5 Å². The van der Waals surface area contributed by atoms with E-state index < -0.39 is 15.8 Å². The Morgan fingerprint density at radius 1 is 1.22 bits per heavy atom. The topological polar surface area (TPSA) is 84.3 Å². The number of nitrogens with one attached hydrogen (secondary N) is 1. The number of hydrogen-bond acceptors (Lipinski definition) is 4. The van der Waals surface area contributed by atoms with Crippen LogP contribution < -0.4 is 9.62 Å². The van der Waals surface area contributed by atoms with Crippen molar-refractivity contribution in [2.45, 2.75) is 6.92 Å². The van der Waals surface area contributed by atoms with Gasteiger partial charge in [0.05, 0.1) is 23.1 Å². The van der Waals surface area contributed by atoms with E-state index in [0.717, 1.165) is 6.26 Å². The lowest BCUT2D eigenvalue weighted by Crippen LogP contribution is -2.29. The van der Waals surface area contributed by atoms with Crippen molar-refractivity contribution < 1.29 is 17.6 Å². The second kappa shape index (κ2) is 6.99. The van der Waals surface area contributed by atoms with Gasteiger partial charge in [-0.05, 0) is 49.4 Å². The summed E-state index contributed by atoms with van der Waals surface area (Å²) in [5.41, 5.74) is 1.72. The van der Waals surface area contributed by atoms with Crippen LogP contribution in [0.1, 0.15) is 17.4 Å². The molecule has 1 N–H and O–H groups in total. The first-order valence-corrected chi connectivity index (χ1v) is 10.1. The van der Waals surface area contributed by atoms with Crippen LogP contribution in [0, 0.1) is 5.82 Å². The van der Waals surface area contributed by atoms with Crippen molar-refractivity contribution in [1.82, 2.24) is 15.1 Å². The molecule has 0 bridgehead atoms. The number of carbonyl (C=O) groups is 1. The van der Waals surface area contributed by atoms with Crippen molar-refractivity contribution in [2.24, 2.45) is 0 Å². The monoisotopic (exact) mass is 390 g/mol. The minimum Gasteiger partial charge on any atom is -0.354 e. The molecule has 1 heterocycles. The molecule has 0 aliphatic carbocycles. The highest BCUT2D eigenvalue weighted by Gasteiger charge is 2.21. The number of aromatic nitrogens is 2. The molecule has 0 saturated carbocycles. The summed E-state index contributed by atoms with van der Waals surface area (Å²) in [6.45, 7) is 2.00. The number of rotatable bonds is 5. The predicted molar refractivity (Wildman–Crippen MR) is 102 cm³/mol. The fraction of sp³-hybridized carbons (Fsp3) is 0.222. The number of halogens is 1. The maximum Gasteiger partial charge on any atom is 0.270 e. The van der Waals surface area contributed by atoms with Crippen molar-refractivity contribution >= 4 is 32.5 Å². The van der Waals surface area contributed by atoms with Gasteiger partial charge in [0, 0.05) is 19.0 Å². The second-order valence-corrected chi connectivity index (χ2v) is 7.85. The Bertz CT molecular complexity index is 1110. The van der Waals surface area contributed by atoms with Crippen LogP contribution in [-0.2, 0) is 10.0 Å². The summed E-state index contributed by atoms with van der Waals surface area (Å²) >= 11 is 0. The summed E-state index contributed by atoms with van der Waals surface area (Å²) < 4.78 is 39.9. The summed E-state index contributed by atoms with van der Waals surface area (Å²) in [4.78, 5) is 12.4. The zero-order valence-corrected chi connectivity index (χ0v) is 15.9. The van der Waals surface area contributed by atoms with Crippen molar-refractivity contribution in [3.63, 3.8) is 0 Å². The lowest BCUT2D eigenvalue weighted by molar-refractivity contribution is 0.0957. The van der Waals surface area contributed by atoms with Gasteiger partial charge >= 0.3 is 0 Å². The molecule has 3 rings (SSSR count). The van der Waals surface area contributed by atoms with E-state index in [1.165, 1.54) is 40.3 Å². The maximum atomic E-state index is 13.3. The minimum atomic E-state index is -3.44. The Morgan fingerprint density at radius 2 is 1.89 bits per heavy atom. The zero-order chi connectivity index (χ0) is 19.8. The molecule has 142 valence electrons. The molecular formula is C18H19FN4O3S. The van der Waals surface area contributed by atoms with Crippen LogP contribution in [0.5, 0.6) is 0 Å². The highest BCUT2D eigenvalue weighted by molar-refractivity contribution is 7.92. The van der Waals surface area contributed by atoms with Gasteiger partial charge in [-0.2, -0.15) is 5.10 Å². The van der Waals surface area contributed by atoms with Gasteiger partial charge < -0.3 is 5.32 Å². The lowest BCUT2D eigenvalue weighted by Gasteiger charge is -2.20. The van der Waals surface area contributed by atoms with Gasteiger partial charge in [-0.3, -0.25) is 9.10 Å². The van der Waals surface area contributed by atoms with Crippen molar-refractivity contribution in [3.05, 3.63) is 54.0 Å². The van der Waals surface area contributed by atoms with Crippen LogP contribution in [0.2, 0.25) is 0 Å². The van der Waals surface area contributed by atoms with Crippen LogP contribution in [0.4, 0.5) is 10.1 Å². The number of anilines is 1. The molecule has 2 aromatic carbocycles. The molecule has 0 fully saturated rings. The lowest BCUT2D eigenvalue weighted by atomic mass is 10.1. The average molecular weight is 390 g/mol. The van der Waals surface area contributed by atoms with E-state index in [9.17, 15) is 17.6 Å². The number of benzene rings is 2.